The minimum atomic E-state index is -3.89. The molecule has 2 N–H and O–H groups in total. The van der Waals surface area contributed by atoms with Crippen LogP contribution in [-0.4, -0.2) is 26.7 Å². The van der Waals surface area contributed by atoms with E-state index in [1.807, 2.05) is 0 Å². The second kappa shape index (κ2) is 5.34. The number of rotatable bonds is 5. The van der Waals surface area contributed by atoms with Crippen LogP contribution >= 0.6 is 0 Å². The highest BCUT2D eigenvalue weighted by Gasteiger charge is 2.23. The SMILES string of the molecule is Cc1ccc(F)c(S(=O)(=O)NCC(C)(C)CO)c1. The van der Waals surface area contributed by atoms with Gasteiger partial charge in [0.2, 0.25) is 10.0 Å². The van der Waals surface area contributed by atoms with Crippen LogP contribution < -0.4 is 4.72 Å². The lowest BCUT2D eigenvalue weighted by atomic mass is 9.96. The van der Waals surface area contributed by atoms with Crippen LogP contribution in [0, 0.1) is 18.2 Å². The molecule has 0 amide bonds. The third-order valence-electron chi connectivity index (χ3n) is 2.54. The number of sulfonamides is 1. The molecule has 0 aromatic heterocycles. The summed E-state index contributed by atoms with van der Waals surface area (Å²) in [7, 11) is -3.89. The zero-order chi connectivity index (χ0) is 14.0. The maximum absolute atomic E-state index is 13.5. The highest BCUT2D eigenvalue weighted by Crippen LogP contribution is 2.18. The molecule has 0 atom stereocenters. The van der Waals surface area contributed by atoms with Crippen molar-refractivity contribution in [2.45, 2.75) is 25.7 Å². The van der Waals surface area contributed by atoms with Gasteiger partial charge in [-0.2, -0.15) is 0 Å². The molecule has 0 bridgehead atoms. The van der Waals surface area contributed by atoms with Gasteiger partial charge in [0, 0.05) is 18.6 Å². The molecule has 0 fully saturated rings. The van der Waals surface area contributed by atoms with Gasteiger partial charge in [0.15, 0.2) is 0 Å². The molecule has 0 saturated heterocycles. The van der Waals surface area contributed by atoms with Gasteiger partial charge < -0.3 is 5.11 Å². The van der Waals surface area contributed by atoms with E-state index in [1.165, 1.54) is 12.1 Å². The van der Waals surface area contributed by atoms with Crippen molar-refractivity contribution in [1.29, 1.82) is 0 Å². The standard InChI is InChI=1S/C12H18FNO3S/c1-9-4-5-10(13)11(6-9)18(16,17)14-7-12(2,3)8-15/h4-6,14-15H,7-8H2,1-3H3. The van der Waals surface area contributed by atoms with Crippen molar-refractivity contribution in [1.82, 2.24) is 4.72 Å². The summed E-state index contributed by atoms with van der Waals surface area (Å²) in [5.41, 5.74) is 0.0751. The second-order valence-corrected chi connectivity index (χ2v) is 6.82. The number of aliphatic hydroxyl groups is 1. The Labute approximate surface area is 107 Å². The highest BCUT2D eigenvalue weighted by molar-refractivity contribution is 7.89. The highest BCUT2D eigenvalue weighted by atomic mass is 32.2. The van der Waals surface area contributed by atoms with Crippen molar-refractivity contribution in [3.63, 3.8) is 0 Å². The van der Waals surface area contributed by atoms with Crippen molar-refractivity contribution in [2.24, 2.45) is 5.41 Å². The van der Waals surface area contributed by atoms with E-state index in [2.05, 4.69) is 4.72 Å². The molecule has 0 aliphatic rings. The van der Waals surface area contributed by atoms with Crippen LogP contribution in [0.5, 0.6) is 0 Å². The molecule has 1 aromatic carbocycles. The normalized spacial score (nSPS) is 12.7. The monoisotopic (exact) mass is 275 g/mol. The first kappa shape index (κ1) is 15.1. The van der Waals surface area contributed by atoms with Crippen LogP contribution in [-0.2, 0) is 10.0 Å². The van der Waals surface area contributed by atoms with Gasteiger partial charge in [0.05, 0.1) is 0 Å². The third kappa shape index (κ3) is 3.76. The summed E-state index contributed by atoms with van der Waals surface area (Å²) in [6, 6.07) is 3.91. The van der Waals surface area contributed by atoms with Crippen LogP contribution in [0.2, 0.25) is 0 Å². The molecule has 0 aliphatic carbocycles. The number of halogens is 1. The number of benzene rings is 1. The van der Waals surface area contributed by atoms with Crippen molar-refractivity contribution in [3.05, 3.63) is 29.6 Å². The predicted octanol–water partition coefficient (Wildman–Crippen LogP) is 1.43. The minimum Gasteiger partial charge on any atom is -0.396 e. The van der Waals surface area contributed by atoms with E-state index in [9.17, 15) is 12.8 Å². The third-order valence-corrected chi connectivity index (χ3v) is 3.96. The average Bonchev–Trinajstić information content (AvgIpc) is 2.30. The smallest absolute Gasteiger partial charge is 0.243 e. The lowest BCUT2D eigenvalue weighted by molar-refractivity contribution is 0.163. The number of hydrogen-bond donors (Lipinski definition) is 2. The Kier molecular flexibility index (Phi) is 4.47. The predicted molar refractivity (Wildman–Crippen MR) is 67.2 cm³/mol. The fraction of sp³-hybridized carbons (Fsp3) is 0.500. The Bertz CT molecular complexity index is 526. The maximum Gasteiger partial charge on any atom is 0.243 e. The van der Waals surface area contributed by atoms with Crippen LogP contribution in [0.25, 0.3) is 0 Å². The summed E-state index contributed by atoms with van der Waals surface area (Å²) in [5, 5.41) is 9.05. The summed E-state index contributed by atoms with van der Waals surface area (Å²) >= 11 is 0. The summed E-state index contributed by atoms with van der Waals surface area (Å²) in [6.07, 6.45) is 0. The largest absolute Gasteiger partial charge is 0.396 e. The van der Waals surface area contributed by atoms with E-state index in [-0.39, 0.29) is 18.0 Å². The Hall–Kier alpha value is -0.980. The molecular weight excluding hydrogens is 257 g/mol. The maximum atomic E-state index is 13.5. The van der Waals surface area contributed by atoms with Crippen molar-refractivity contribution < 1.29 is 17.9 Å². The van der Waals surface area contributed by atoms with Gasteiger partial charge in [-0.3, -0.25) is 0 Å². The summed E-state index contributed by atoms with van der Waals surface area (Å²) in [5.74, 6) is -0.782. The van der Waals surface area contributed by atoms with Gasteiger partial charge in [-0.15, -0.1) is 0 Å². The van der Waals surface area contributed by atoms with Gasteiger partial charge in [0.25, 0.3) is 0 Å². The first-order valence-corrected chi connectivity index (χ1v) is 7.03. The van der Waals surface area contributed by atoms with Crippen LogP contribution in [0.4, 0.5) is 4.39 Å². The lowest BCUT2D eigenvalue weighted by Crippen LogP contribution is -2.36. The molecule has 0 spiro atoms. The van der Waals surface area contributed by atoms with Gasteiger partial charge in [0.1, 0.15) is 10.7 Å². The van der Waals surface area contributed by atoms with Crippen LogP contribution in [0.15, 0.2) is 23.1 Å². The number of hydrogen-bond acceptors (Lipinski definition) is 3. The van der Waals surface area contributed by atoms with Crippen LogP contribution in [0.3, 0.4) is 0 Å². The number of nitrogens with one attached hydrogen (secondary N) is 1. The molecular formula is C12H18FNO3S. The molecule has 102 valence electrons. The van der Waals surface area contributed by atoms with Gasteiger partial charge in [-0.05, 0) is 24.6 Å². The van der Waals surface area contributed by atoms with Crippen molar-refractivity contribution in [3.8, 4) is 0 Å². The lowest BCUT2D eigenvalue weighted by Gasteiger charge is -2.21. The molecule has 0 aliphatic heterocycles. The zero-order valence-corrected chi connectivity index (χ0v) is 11.5. The fourth-order valence-electron chi connectivity index (χ4n) is 1.24. The number of aliphatic hydroxyl groups excluding tert-OH is 1. The van der Waals surface area contributed by atoms with E-state index < -0.39 is 21.3 Å². The Morgan fingerprint density at radius 2 is 2.00 bits per heavy atom. The summed E-state index contributed by atoms with van der Waals surface area (Å²) in [4.78, 5) is -0.365. The molecule has 1 rings (SSSR count). The summed E-state index contributed by atoms with van der Waals surface area (Å²) < 4.78 is 39.7. The average molecular weight is 275 g/mol. The number of aryl methyl sites for hydroxylation is 1. The first-order valence-electron chi connectivity index (χ1n) is 5.55. The molecule has 0 unspecified atom stereocenters. The topological polar surface area (TPSA) is 66.4 Å². The van der Waals surface area contributed by atoms with Gasteiger partial charge >= 0.3 is 0 Å². The van der Waals surface area contributed by atoms with E-state index in [0.29, 0.717) is 5.56 Å². The second-order valence-electron chi connectivity index (χ2n) is 5.08. The van der Waals surface area contributed by atoms with Crippen molar-refractivity contribution in [2.75, 3.05) is 13.2 Å². The quantitative estimate of drug-likeness (QED) is 0.854. The zero-order valence-electron chi connectivity index (χ0n) is 10.7. The first-order chi connectivity index (χ1) is 8.18. The van der Waals surface area contributed by atoms with E-state index in [4.69, 9.17) is 5.11 Å². The molecule has 0 heterocycles. The van der Waals surface area contributed by atoms with Gasteiger partial charge in [-0.1, -0.05) is 19.9 Å². The summed E-state index contributed by atoms with van der Waals surface area (Å²) in [6.45, 7) is 4.99. The molecule has 1 aromatic rings. The Balaban J connectivity index is 2.97. The molecule has 0 radical (unpaired) electrons. The minimum absolute atomic E-state index is 0.0409. The molecule has 18 heavy (non-hydrogen) atoms. The van der Waals surface area contributed by atoms with E-state index >= 15 is 0 Å². The van der Waals surface area contributed by atoms with Crippen molar-refractivity contribution >= 4 is 10.0 Å². The molecule has 6 heteroatoms. The molecule has 4 nitrogen and oxygen atoms in total. The van der Waals surface area contributed by atoms with E-state index in [0.717, 1.165) is 6.07 Å². The van der Waals surface area contributed by atoms with E-state index in [1.54, 1.807) is 20.8 Å². The molecule has 0 saturated carbocycles. The van der Waals surface area contributed by atoms with Crippen LogP contribution in [0.1, 0.15) is 19.4 Å². The Morgan fingerprint density at radius 3 is 2.56 bits per heavy atom. The fourth-order valence-corrected chi connectivity index (χ4v) is 2.64. The van der Waals surface area contributed by atoms with Gasteiger partial charge in [-0.25, -0.2) is 17.5 Å². The Morgan fingerprint density at radius 1 is 1.39 bits per heavy atom.